The van der Waals surface area contributed by atoms with Gasteiger partial charge < -0.3 is 9.88 Å². The van der Waals surface area contributed by atoms with Crippen LogP contribution in [0.1, 0.15) is 5.82 Å². The Hall–Kier alpha value is -3.29. The molecule has 0 atom stereocenters. The quantitative estimate of drug-likeness (QED) is 0.574. The van der Waals surface area contributed by atoms with Crippen molar-refractivity contribution in [1.29, 1.82) is 0 Å². The van der Waals surface area contributed by atoms with Crippen LogP contribution in [0.25, 0.3) is 11.3 Å². The number of anilines is 1. The second kappa shape index (κ2) is 6.22. The van der Waals surface area contributed by atoms with Gasteiger partial charge in [-0.2, -0.15) is 0 Å². The Morgan fingerprint density at radius 2 is 2.00 bits per heavy atom. The highest BCUT2D eigenvalue weighted by Gasteiger charge is 2.17. The van der Waals surface area contributed by atoms with E-state index in [4.69, 9.17) is 0 Å². The Morgan fingerprint density at radius 3 is 2.65 bits per heavy atom. The van der Waals surface area contributed by atoms with Gasteiger partial charge in [-0.1, -0.05) is 30.3 Å². The van der Waals surface area contributed by atoms with Crippen LogP contribution in [0.15, 0.2) is 48.8 Å². The van der Waals surface area contributed by atoms with Gasteiger partial charge in [0.05, 0.1) is 11.5 Å². The van der Waals surface area contributed by atoms with E-state index in [0.717, 1.165) is 5.82 Å². The number of hydrogen-bond acceptors (Lipinski definition) is 6. The molecule has 1 aromatic carbocycles. The number of nitrogens with one attached hydrogen (secondary N) is 1. The number of nitro groups is 1. The van der Waals surface area contributed by atoms with Crippen molar-refractivity contribution in [2.75, 3.05) is 5.32 Å². The maximum atomic E-state index is 11.2. The fraction of sp³-hybridized carbons (Fsp3) is 0.133. The number of aryl methyl sites for hydroxylation is 1. The lowest BCUT2D eigenvalue weighted by Crippen LogP contribution is -2.07. The predicted octanol–water partition coefficient (Wildman–Crippen LogP) is 2.40. The molecule has 0 unspecified atom stereocenters. The molecule has 23 heavy (non-hydrogen) atoms. The van der Waals surface area contributed by atoms with E-state index in [1.165, 1.54) is 6.07 Å². The molecule has 2 heterocycles. The van der Waals surface area contributed by atoms with E-state index in [2.05, 4.69) is 20.5 Å². The van der Waals surface area contributed by atoms with Gasteiger partial charge in [-0.3, -0.25) is 10.1 Å². The largest absolute Gasteiger partial charge is 0.363 e. The summed E-state index contributed by atoms with van der Waals surface area (Å²) in [4.78, 5) is 15.2. The van der Waals surface area contributed by atoms with E-state index in [0.29, 0.717) is 23.6 Å². The highest BCUT2D eigenvalue weighted by molar-refractivity contribution is 5.71. The third-order valence-electron chi connectivity index (χ3n) is 3.35. The summed E-state index contributed by atoms with van der Waals surface area (Å²) in [7, 11) is 1.84. The van der Waals surface area contributed by atoms with E-state index in [1.807, 2.05) is 25.2 Å². The summed E-state index contributed by atoms with van der Waals surface area (Å²) >= 11 is 0. The van der Waals surface area contributed by atoms with Crippen molar-refractivity contribution < 1.29 is 4.92 Å². The van der Waals surface area contributed by atoms with Crippen LogP contribution < -0.4 is 5.32 Å². The first-order valence-corrected chi connectivity index (χ1v) is 6.93. The SMILES string of the molecule is Cn1cnnc1CNc1ccc([N+](=O)[O-])c(-c2ccccc2)n1. The van der Waals surface area contributed by atoms with Crippen LogP contribution in [0, 0.1) is 10.1 Å². The van der Waals surface area contributed by atoms with Crippen molar-refractivity contribution in [2.24, 2.45) is 7.05 Å². The smallest absolute Gasteiger partial charge is 0.295 e. The fourth-order valence-electron chi connectivity index (χ4n) is 2.14. The standard InChI is InChI=1S/C15H14N6O2/c1-20-10-17-19-14(20)9-16-13-8-7-12(21(22)23)15(18-13)11-5-3-2-4-6-11/h2-8,10H,9H2,1H3,(H,16,18). The van der Waals surface area contributed by atoms with Gasteiger partial charge in [-0.15, -0.1) is 10.2 Å². The average Bonchev–Trinajstić information content (AvgIpc) is 2.98. The van der Waals surface area contributed by atoms with Crippen LogP contribution in [-0.4, -0.2) is 24.7 Å². The summed E-state index contributed by atoms with van der Waals surface area (Å²) in [5.74, 6) is 1.28. The lowest BCUT2D eigenvalue weighted by molar-refractivity contribution is -0.384. The Bertz CT molecular complexity index is 831. The molecule has 0 aliphatic heterocycles. The molecule has 116 valence electrons. The molecule has 0 amide bonds. The molecule has 0 aliphatic carbocycles. The Kier molecular flexibility index (Phi) is 3.96. The number of pyridine rings is 1. The number of aromatic nitrogens is 4. The van der Waals surface area contributed by atoms with Crippen molar-refractivity contribution >= 4 is 11.5 Å². The van der Waals surface area contributed by atoms with E-state index < -0.39 is 4.92 Å². The predicted molar refractivity (Wildman–Crippen MR) is 84.7 cm³/mol. The molecule has 0 aliphatic rings. The summed E-state index contributed by atoms with van der Waals surface area (Å²) in [6.45, 7) is 0.426. The minimum absolute atomic E-state index is 0.0274. The molecule has 8 nitrogen and oxygen atoms in total. The van der Waals surface area contributed by atoms with Crippen LogP contribution in [0.3, 0.4) is 0 Å². The highest BCUT2D eigenvalue weighted by Crippen LogP contribution is 2.29. The number of nitrogens with zero attached hydrogens (tertiary/aromatic N) is 5. The van der Waals surface area contributed by atoms with Gasteiger partial charge in [0.1, 0.15) is 12.1 Å². The van der Waals surface area contributed by atoms with Crippen LogP contribution >= 0.6 is 0 Å². The third kappa shape index (κ3) is 3.15. The number of rotatable bonds is 5. The van der Waals surface area contributed by atoms with Crippen molar-refractivity contribution in [3.8, 4) is 11.3 Å². The highest BCUT2D eigenvalue weighted by atomic mass is 16.6. The molecule has 0 saturated carbocycles. The van der Waals surface area contributed by atoms with Crippen molar-refractivity contribution in [1.82, 2.24) is 19.7 Å². The van der Waals surface area contributed by atoms with Crippen molar-refractivity contribution in [3.63, 3.8) is 0 Å². The van der Waals surface area contributed by atoms with Crippen LogP contribution in [0.5, 0.6) is 0 Å². The van der Waals surface area contributed by atoms with E-state index in [-0.39, 0.29) is 5.69 Å². The molecule has 0 bridgehead atoms. The molecular formula is C15H14N6O2. The van der Waals surface area contributed by atoms with Crippen molar-refractivity contribution in [2.45, 2.75) is 6.54 Å². The lowest BCUT2D eigenvalue weighted by atomic mass is 10.1. The summed E-state index contributed by atoms with van der Waals surface area (Å²) in [6.07, 6.45) is 1.61. The van der Waals surface area contributed by atoms with Gasteiger partial charge >= 0.3 is 0 Å². The molecular weight excluding hydrogens is 296 g/mol. The molecule has 0 spiro atoms. The topological polar surface area (TPSA) is 98.8 Å². The maximum Gasteiger partial charge on any atom is 0.295 e. The van der Waals surface area contributed by atoms with Crippen LogP contribution in [0.4, 0.5) is 11.5 Å². The minimum Gasteiger partial charge on any atom is -0.363 e. The second-order valence-electron chi connectivity index (χ2n) is 4.90. The first kappa shape index (κ1) is 14.6. The minimum atomic E-state index is -0.429. The van der Waals surface area contributed by atoms with Gasteiger partial charge in [-0.25, -0.2) is 4.98 Å². The molecule has 2 aromatic heterocycles. The molecule has 0 saturated heterocycles. The number of benzene rings is 1. The van der Waals surface area contributed by atoms with Gasteiger partial charge in [0.2, 0.25) is 0 Å². The normalized spacial score (nSPS) is 10.5. The molecule has 8 heteroatoms. The monoisotopic (exact) mass is 310 g/mol. The zero-order chi connectivity index (χ0) is 16.2. The first-order chi connectivity index (χ1) is 11.1. The Morgan fingerprint density at radius 1 is 1.22 bits per heavy atom. The van der Waals surface area contributed by atoms with Gasteiger partial charge in [-0.05, 0) is 6.07 Å². The zero-order valence-electron chi connectivity index (χ0n) is 12.4. The van der Waals surface area contributed by atoms with Gasteiger partial charge in [0, 0.05) is 18.7 Å². The Labute approximate surface area is 132 Å². The summed E-state index contributed by atoms with van der Waals surface area (Å²) < 4.78 is 1.79. The molecule has 3 rings (SSSR count). The van der Waals surface area contributed by atoms with Crippen molar-refractivity contribution in [3.05, 3.63) is 64.7 Å². The summed E-state index contributed by atoms with van der Waals surface area (Å²) in [6, 6.07) is 12.1. The first-order valence-electron chi connectivity index (χ1n) is 6.93. The molecule has 0 radical (unpaired) electrons. The summed E-state index contributed by atoms with van der Waals surface area (Å²) in [5.41, 5.74) is 1.00. The molecule has 1 N–H and O–H groups in total. The van der Waals surface area contributed by atoms with E-state index in [9.17, 15) is 10.1 Å². The van der Waals surface area contributed by atoms with Crippen LogP contribution in [0.2, 0.25) is 0 Å². The second-order valence-corrected chi connectivity index (χ2v) is 4.90. The van der Waals surface area contributed by atoms with E-state index in [1.54, 1.807) is 29.1 Å². The third-order valence-corrected chi connectivity index (χ3v) is 3.35. The average molecular weight is 310 g/mol. The molecule has 0 fully saturated rings. The van der Waals surface area contributed by atoms with Gasteiger partial charge in [0.25, 0.3) is 5.69 Å². The van der Waals surface area contributed by atoms with E-state index >= 15 is 0 Å². The van der Waals surface area contributed by atoms with Gasteiger partial charge in [0.15, 0.2) is 11.5 Å². The maximum absolute atomic E-state index is 11.2. The van der Waals surface area contributed by atoms with Crippen LogP contribution in [-0.2, 0) is 13.6 Å². The molecule has 3 aromatic rings. The Balaban J connectivity index is 1.91. The zero-order valence-corrected chi connectivity index (χ0v) is 12.4. The lowest BCUT2D eigenvalue weighted by Gasteiger charge is -2.08. The number of hydrogen-bond donors (Lipinski definition) is 1. The fourth-order valence-corrected chi connectivity index (χ4v) is 2.14. The summed E-state index contributed by atoms with van der Waals surface area (Å²) in [5, 5.41) is 22.1.